The van der Waals surface area contributed by atoms with Crippen LogP contribution in [0.5, 0.6) is 0 Å². The van der Waals surface area contributed by atoms with E-state index in [0.29, 0.717) is 12.1 Å². The Morgan fingerprint density at radius 3 is 2.70 bits per heavy atom. The fraction of sp³-hybridized carbons (Fsp3) is 0.500. The number of aryl methyl sites for hydroxylation is 1. The maximum absolute atomic E-state index is 10.3. The van der Waals surface area contributed by atoms with Crippen LogP contribution in [0.2, 0.25) is 0 Å². The maximum Gasteiger partial charge on any atom is 0.196 e. The van der Waals surface area contributed by atoms with Gasteiger partial charge < -0.3 is 4.57 Å². The fourth-order valence-corrected chi connectivity index (χ4v) is 0.875. The van der Waals surface area contributed by atoms with Crippen LogP contribution in [0.3, 0.4) is 0 Å². The van der Waals surface area contributed by atoms with Gasteiger partial charge in [-0.3, -0.25) is 4.79 Å². The van der Waals surface area contributed by atoms with Gasteiger partial charge in [0, 0.05) is 6.54 Å². The first-order valence-electron chi connectivity index (χ1n) is 3.14. The topological polar surface area (TPSA) is 47.8 Å². The molecule has 0 radical (unpaired) electrons. The second-order valence-corrected chi connectivity index (χ2v) is 1.97. The minimum absolute atomic E-state index is 0.403. The molecule has 0 N–H and O–H groups in total. The Hall–Kier alpha value is -1.19. The summed E-state index contributed by atoms with van der Waals surface area (Å²) < 4.78 is 1.76. The quantitative estimate of drug-likeness (QED) is 0.558. The SMILES string of the molecule is CCn1c(C)nnc1C=O. The number of rotatable bonds is 2. The molecule has 0 saturated carbocycles. The molecule has 1 rings (SSSR count). The third-order valence-electron chi connectivity index (χ3n) is 1.39. The Kier molecular flexibility index (Phi) is 1.80. The summed E-state index contributed by atoms with van der Waals surface area (Å²) >= 11 is 0. The molecule has 1 heterocycles. The van der Waals surface area contributed by atoms with E-state index in [1.54, 1.807) is 4.57 Å². The molecule has 0 fully saturated rings. The zero-order valence-electron chi connectivity index (χ0n) is 6.03. The van der Waals surface area contributed by atoms with Crippen molar-refractivity contribution in [2.24, 2.45) is 0 Å². The van der Waals surface area contributed by atoms with Crippen LogP contribution in [0.4, 0.5) is 0 Å². The number of aldehydes is 1. The first kappa shape index (κ1) is 6.92. The van der Waals surface area contributed by atoms with Gasteiger partial charge in [-0.15, -0.1) is 10.2 Å². The van der Waals surface area contributed by atoms with E-state index in [4.69, 9.17) is 0 Å². The average Bonchev–Trinajstić information content (AvgIpc) is 2.30. The van der Waals surface area contributed by atoms with Gasteiger partial charge in [0.1, 0.15) is 5.82 Å². The molecule has 1 aromatic rings. The summed E-state index contributed by atoms with van der Waals surface area (Å²) in [6.45, 7) is 4.51. The minimum Gasteiger partial charge on any atom is -0.309 e. The molecule has 0 aromatic carbocycles. The average molecular weight is 139 g/mol. The predicted molar refractivity (Wildman–Crippen MR) is 35.8 cm³/mol. The summed E-state index contributed by atoms with van der Waals surface area (Å²) in [6.07, 6.45) is 0.712. The Morgan fingerprint density at radius 2 is 2.30 bits per heavy atom. The highest BCUT2D eigenvalue weighted by molar-refractivity contribution is 5.68. The molecule has 0 amide bonds. The van der Waals surface area contributed by atoms with E-state index in [9.17, 15) is 4.79 Å². The van der Waals surface area contributed by atoms with Crippen molar-refractivity contribution in [3.8, 4) is 0 Å². The lowest BCUT2D eigenvalue weighted by atomic mass is 10.5. The van der Waals surface area contributed by atoms with Gasteiger partial charge in [0.25, 0.3) is 0 Å². The van der Waals surface area contributed by atoms with Gasteiger partial charge in [-0.2, -0.15) is 0 Å². The number of carbonyl (C=O) groups excluding carboxylic acids is 1. The Labute approximate surface area is 58.9 Å². The molecule has 4 heteroatoms. The summed E-state index contributed by atoms with van der Waals surface area (Å²) in [7, 11) is 0. The van der Waals surface area contributed by atoms with Gasteiger partial charge in [-0.25, -0.2) is 0 Å². The number of nitrogens with zero attached hydrogens (tertiary/aromatic N) is 3. The summed E-state index contributed by atoms with van der Waals surface area (Å²) in [4.78, 5) is 10.3. The third-order valence-corrected chi connectivity index (χ3v) is 1.39. The molecule has 0 spiro atoms. The summed E-state index contributed by atoms with van der Waals surface area (Å²) in [5.74, 6) is 1.18. The second kappa shape index (κ2) is 2.60. The van der Waals surface area contributed by atoms with E-state index in [2.05, 4.69) is 10.2 Å². The fourth-order valence-electron chi connectivity index (χ4n) is 0.875. The van der Waals surface area contributed by atoms with Crippen molar-refractivity contribution in [1.82, 2.24) is 14.8 Å². The Balaban J connectivity index is 3.12. The smallest absolute Gasteiger partial charge is 0.196 e. The van der Waals surface area contributed by atoms with E-state index in [1.165, 1.54) is 0 Å². The standard InChI is InChI=1S/C6H9N3O/c1-3-9-5(2)7-8-6(9)4-10/h4H,3H2,1-2H3. The lowest BCUT2D eigenvalue weighted by molar-refractivity contribution is 0.111. The first-order chi connectivity index (χ1) is 4.79. The van der Waals surface area contributed by atoms with E-state index in [-0.39, 0.29) is 0 Å². The van der Waals surface area contributed by atoms with Crippen LogP contribution in [0.15, 0.2) is 0 Å². The highest BCUT2D eigenvalue weighted by atomic mass is 16.1. The molecule has 0 unspecified atom stereocenters. The minimum atomic E-state index is 0.403. The molecule has 4 nitrogen and oxygen atoms in total. The Bertz CT molecular complexity index is 241. The van der Waals surface area contributed by atoms with E-state index in [0.717, 1.165) is 12.4 Å². The zero-order valence-corrected chi connectivity index (χ0v) is 6.03. The van der Waals surface area contributed by atoms with Crippen molar-refractivity contribution in [2.45, 2.75) is 20.4 Å². The Morgan fingerprint density at radius 1 is 1.60 bits per heavy atom. The van der Waals surface area contributed by atoms with Gasteiger partial charge in [-0.05, 0) is 13.8 Å². The lowest BCUT2D eigenvalue weighted by Gasteiger charge is -1.97. The van der Waals surface area contributed by atoms with Crippen molar-refractivity contribution < 1.29 is 4.79 Å². The molecule has 0 atom stereocenters. The number of hydrogen-bond acceptors (Lipinski definition) is 3. The highest BCUT2D eigenvalue weighted by Gasteiger charge is 2.03. The van der Waals surface area contributed by atoms with Crippen molar-refractivity contribution in [3.63, 3.8) is 0 Å². The van der Waals surface area contributed by atoms with Crippen LogP contribution < -0.4 is 0 Å². The van der Waals surface area contributed by atoms with E-state index in [1.807, 2.05) is 13.8 Å². The highest BCUT2D eigenvalue weighted by Crippen LogP contribution is 1.96. The normalized spacial score (nSPS) is 9.80. The molecule has 0 aliphatic heterocycles. The number of hydrogen-bond donors (Lipinski definition) is 0. The molecular formula is C6H9N3O. The third kappa shape index (κ3) is 0.920. The van der Waals surface area contributed by atoms with Gasteiger partial charge in [0.05, 0.1) is 0 Å². The lowest BCUT2D eigenvalue weighted by Crippen LogP contribution is -2.01. The molecular weight excluding hydrogens is 130 g/mol. The predicted octanol–water partition coefficient (Wildman–Crippen LogP) is 0.419. The van der Waals surface area contributed by atoms with Crippen LogP contribution >= 0.6 is 0 Å². The second-order valence-electron chi connectivity index (χ2n) is 1.97. The largest absolute Gasteiger partial charge is 0.309 e. The maximum atomic E-state index is 10.3. The number of aromatic nitrogens is 3. The zero-order chi connectivity index (χ0) is 7.56. The van der Waals surface area contributed by atoms with Crippen LogP contribution in [0.25, 0.3) is 0 Å². The van der Waals surface area contributed by atoms with Crippen LogP contribution in [-0.4, -0.2) is 21.1 Å². The molecule has 0 aliphatic carbocycles. The first-order valence-corrected chi connectivity index (χ1v) is 3.14. The molecule has 54 valence electrons. The van der Waals surface area contributed by atoms with Gasteiger partial charge in [-0.1, -0.05) is 0 Å². The van der Waals surface area contributed by atoms with Crippen LogP contribution in [0, 0.1) is 6.92 Å². The van der Waals surface area contributed by atoms with E-state index >= 15 is 0 Å². The van der Waals surface area contributed by atoms with Gasteiger partial charge in [0.2, 0.25) is 0 Å². The monoisotopic (exact) mass is 139 g/mol. The van der Waals surface area contributed by atoms with Crippen molar-refractivity contribution >= 4 is 6.29 Å². The molecule has 0 aliphatic rings. The van der Waals surface area contributed by atoms with Crippen LogP contribution in [0.1, 0.15) is 23.4 Å². The summed E-state index contributed by atoms with van der Waals surface area (Å²) in [6, 6.07) is 0. The molecule has 0 bridgehead atoms. The molecule has 1 aromatic heterocycles. The molecule has 0 saturated heterocycles. The van der Waals surface area contributed by atoms with Crippen LogP contribution in [-0.2, 0) is 6.54 Å². The summed E-state index contributed by atoms with van der Waals surface area (Å²) in [5, 5.41) is 7.39. The van der Waals surface area contributed by atoms with Gasteiger partial charge in [0.15, 0.2) is 12.1 Å². The molecule has 10 heavy (non-hydrogen) atoms. The van der Waals surface area contributed by atoms with Crippen molar-refractivity contribution in [2.75, 3.05) is 0 Å². The number of carbonyl (C=O) groups is 1. The summed E-state index contributed by atoms with van der Waals surface area (Å²) in [5.41, 5.74) is 0. The van der Waals surface area contributed by atoms with Gasteiger partial charge >= 0.3 is 0 Å². The van der Waals surface area contributed by atoms with E-state index < -0.39 is 0 Å². The van der Waals surface area contributed by atoms with Crippen molar-refractivity contribution in [1.29, 1.82) is 0 Å². The van der Waals surface area contributed by atoms with Crippen molar-refractivity contribution in [3.05, 3.63) is 11.6 Å².